The van der Waals surface area contributed by atoms with Gasteiger partial charge in [-0.3, -0.25) is 4.68 Å². The van der Waals surface area contributed by atoms with Crippen molar-refractivity contribution in [3.8, 4) is 0 Å². The van der Waals surface area contributed by atoms with Gasteiger partial charge >= 0.3 is 0 Å². The second-order valence-electron chi connectivity index (χ2n) is 4.84. The Morgan fingerprint density at radius 3 is 2.40 bits per heavy atom. The zero-order valence-electron chi connectivity index (χ0n) is 10.2. The molecule has 0 amide bonds. The summed E-state index contributed by atoms with van der Waals surface area (Å²) in [6.07, 6.45) is 0. The van der Waals surface area contributed by atoms with Gasteiger partial charge in [-0.25, -0.2) is 0 Å². The molecule has 15 heavy (non-hydrogen) atoms. The van der Waals surface area contributed by atoms with Crippen molar-refractivity contribution in [3.63, 3.8) is 0 Å². The first-order valence-corrected chi connectivity index (χ1v) is 5.59. The third-order valence-corrected chi connectivity index (χ3v) is 3.07. The summed E-state index contributed by atoms with van der Waals surface area (Å²) in [5.74, 6) is 0. The predicted octanol–water partition coefficient (Wildman–Crippen LogP) is 2.40. The minimum atomic E-state index is 0.182. The molecule has 0 fully saturated rings. The molecular formula is C11H20ClN3. The molecule has 0 atom stereocenters. The van der Waals surface area contributed by atoms with Crippen LogP contribution >= 0.6 is 11.6 Å². The molecule has 1 rings (SSSR count). The molecule has 0 saturated heterocycles. The standard InChI is InChI=1S/C11H20ClN3/c1-8-10(12)9(2)15(14-8)7-11(3,4)6-13-5/h13H,6-7H2,1-5H3. The molecule has 3 nitrogen and oxygen atoms in total. The van der Waals surface area contributed by atoms with Crippen LogP contribution in [-0.2, 0) is 6.54 Å². The quantitative estimate of drug-likeness (QED) is 0.860. The summed E-state index contributed by atoms with van der Waals surface area (Å²) in [6.45, 7) is 10.2. The van der Waals surface area contributed by atoms with Crippen LogP contribution in [0, 0.1) is 19.3 Å². The van der Waals surface area contributed by atoms with Crippen LogP contribution in [-0.4, -0.2) is 23.4 Å². The third-order valence-electron chi connectivity index (χ3n) is 2.53. The van der Waals surface area contributed by atoms with Crippen molar-refractivity contribution in [1.82, 2.24) is 15.1 Å². The van der Waals surface area contributed by atoms with Crippen LogP contribution < -0.4 is 5.32 Å². The molecule has 0 aliphatic rings. The van der Waals surface area contributed by atoms with E-state index >= 15 is 0 Å². The van der Waals surface area contributed by atoms with Gasteiger partial charge in [0.05, 0.1) is 16.4 Å². The van der Waals surface area contributed by atoms with Gasteiger partial charge in [0, 0.05) is 13.1 Å². The predicted molar refractivity (Wildman–Crippen MR) is 64.4 cm³/mol. The van der Waals surface area contributed by atoms with E-state index in [1.54, 1.807) is 0 Å². The van der Waals surface area contributed by atoms with Crippen LogP contribution in [0.2, 0.25) is 5.02 Å². The lowest BCUT2D eigenvalue weighted by Gasteiger charge is -2.24. The fourth-order valence-electron chi connectivity index (χ4n) is 1.77. The van der Waals surface area contributed by atoms with E-state index in [9.17, 15) is 0 Å². The van der Waals surface area contributed by atoms with Gasteiger partial charge < -0.3 is 5.32 Å². The highest BCUT2D eigenvalue weighted by molar-refractivity contribution is 6.31. The lowest BCUT2D eigenvalue weighted by atomic mass is 9.93. The molecule has 0 aliphatic carbocycles. The van der Waals surface area contributed by atoms with Crippen molar-refractivity contribution in [3.05, 3.63) is 16.4 Å². The minimum Gasteiger partial charge on any atom is -0.319 e. The highest BCUT2D eigenvalue weighted by Crippen LogP contribution is 2.23. The third kappa shape index (κ3) is 2.95. The summed E-state index contributed by atoms with van der Waals surface area (Å²) in [7, 11) is 1.97. The molecule has 0 saturated carbocycles. The average Bonchev–Trinajstić information content (AvgIpc) is 2.33. The Balaban J connectivity index is 2.85. The van der Waals surface area contributed by atoms with E-state index in [1.165, 1.54) is 0 Å². The van der Waals surface area contributed by atoms with E-state index in [0.717, 1.165) is 29.5 Å². The summed E-state index contributed by atoms with van der Waals surface area (Å²) in [5.41, 5.74) is 2.15. The number of aryl methyl sites for hydroxylation is 1. The maximum Gasteiger partial charge on any atom is 0.0844 e. The van der Waals surface area contributed by atoms with Crippen molar-refractivity contribution in [2.45, 2.75) is 34.2 Å². The molecule has 0 unspecified atom stereocenters. The Kier molecular flexibility index (Phi) is 3.79. The molecular weight excluding hydrogens is 210 g/mol. The number of aromatic nitrogens is 2. The van der Waals surface area contributed by atoms with Crippen LogP contribution in [0.5, 0.6) is 0 Å². The molecule has 1 aromatic heterocycles. The molecule has 0 aromatic carbocycles. The number of nitrogens with one attached hydrogen (secondary N) is 1. The van der Waals surface area contributed by atoms with Crippen molar-refractivity contribution in [2.75, 3.05) is 13.6 Å². The number of halogens is 1. The van der Waals surface area contributed by atoms with E-state index in [0.29, 0.717) is 0 Å². The Morgan fingerprint density at radius 1 is 1.40 bits per heavy atom. The fraction of sp³-hybridized carbons (Fsp3) is 0.727. The first-order valence-electron chi connectivity index (χ1n) is 5.21. The smallest absolute Gasteiger partial charge is 0.0844 e. The average molecular weight is 230 g/mol. The Morgan fingerprint density at radius 2 is 2.00 bits per heavy atom. The molecule has 0 spiro atoms. The van der Waals surface area contributed by atoms with Crippen LogP contribution in [0.3, 0.4) is 0 Å². The van der Waals surface area contributed by atoms with Crippen molar-refractivity contribution < 1.29 is 0 Å². The number of rotatable bonds is 4. The summed E-state index contributed by atoms with van der Waals surface area (Å²) in [5, 5.41) is 8.42. The van der Waals surface area contributed by atoms with Gasteiger partial charge in [-0.1, -0.05) is 25.4 Å². The highest BCUT2D eigenvalue weighted by atomic mass is 35.5. The normalized spacial score (nSPS) is 12.1. The van der Waals surface area contributed by atoms with E-state index in [4.69, 9.17) is 11.6 Å². The van der Waals surface area contributed by atoms with Gasteiger partial charge in [-0.2, -0.15) is 5.10 Å². The number of hydrogen-bond donors (Lipinski definition) is 1. The molecule has 1 aromatic rings. The van der Waals surface area contributed by atoms with Gasteiger partial charge in [0.1, 0.15) is 0 Å². The first kappa shape index (κ1) is 12.5. The van der Waals surface area contributed by atoms with Crippen molar-refractivity contribution in [2.24, 2.45) is 5.41 Å². The Hall–Kier alpha value is -0.540. The monoisotopic (exact) mass is 229 g/mol. The van der Waals surface area contributed by atoms with Crippen molar-refractivity contribution in [1.29, 1.82) is 0 Å². The Labute approximate surface area is 96.8 Å². The second kappa shape index (κ2) is 4.54. The summed E-state index contributed by atoms with van der Waals surface area (Å²) < 4.78 is 2.00. The zero-order valence-corrected chi connectivity index (χ0v) is 10.9. The second-order valence-corrected chi connectivity index (χ2v) is 5.21. The van der Waals surface area contributed by atoms with Crippen LogP contribution in [0.25, 0.3) is 0 Å². The first-order chi connectivity index (χ1) is 6.87. The molecule has 86 valence electrons. The maximum atomic E-state index is 6.11. The van der Waals surface area contributed by atoms with E-state index in [2.05, 4.69) is 24.3 Å². The van der Waals surface area contributed by atoms with Crippen molar-refractivity contribution >= 4 is 11.6 Å². The fourth-order valence-corrected chi connectivity index (χ4v) is 1.90. The van der Waals surface area contributed by atoms with E-state index in [1.807, 2.05) is 25.6 Å². The molecule has 0 radical (unpaired) electrons. The van der Waals surface area contributed by atoms with Crippen LogP contribution in [0.15, 0.2) is 0 Å². The molecule has 1 N–H and O–H groups in total. The highest BCUT2D eigenvalue weighted by Gasteiger charge is 2.20. The van der Waals surface area contributed by atoms with Gasteiger partial charge in [0.2, 0.25) is 0 Å². The zero-order chi connectivity index (χ0) is 11.6. The summed E-state index contributed by atoms with van der Waals surface area (Å²) in [6, 6.07) is 0. The number of nitrogens with zero attached hydrogens (tertiary/aromatic N) is 2. The lowest BCUT2D eigenvalue weighted by molar-refractivity contribution is 0.280. The maximum absolute atomic E-state index is 6.11. The van der Waals surface area contributed by atoms with Gasteiger partial charge in [-0.05, 0) is 26.3 Å². The lowest BCUT2D eigenvalue weighted by Crippen LogP contribution is -2.31. The molecule has 1 heterocycles. The van der Waals surface area contributed by atoms with E-state index in [-0.39, 0.29) is 5.41 Å². The molecule has 0 aliphatic heterocycles. The summed E-state index contributed by atoms with van der Waals surface area (Å²) >= 11 is 6.11. The minimum absolute atomic E-state index is 0.182. The molecule has 4 heteroatoms. The van der Waals surface area contributed by atoms with E-state index < -0.39 is 0 Å². The molecule has 0 bridgehead atoms. The number of hydrogen-bond acceptors (Lipinski definition) is 2. The van der Waals surface area contributed by atoms with Crippen LogP contribution in [0.4, 0.5) is 0 Å². The van der Waals surface area contributed by atoms with Crippen LogP contribution in [0.1, 0.15) is 25.2 Å². The SMILES string of the molecule is CNCC(C)(C)Cn1nc(C)c(Cl)c1C. The summed E-state index contributed by atoms with van der Waals surface area (Å²) in [4.78, 5) is 0. The Bertz CT molecular complexity index is 342. The topological polar surface area (TPSA) is 29.9 Å². The van der Waals surface area contributed by atoms with Gasteiger partial charge in [-0.15, -0.1) is 0 Å². The van der Waals surface area contributed by atoms with Gasteiger partial charge in [0.25, 0.3) is 0 Å². The largest absolute Gasteiger partial charge is 0.319 e. The van der Waals surface area contributed by atoms with Gasteiger partial charge in [0.15, 0.2) is 0 Å².